The van der Waals surface area contributed by atoms with Crippen molar-refractivity contribution in [3.05, 3.63) is 54.1 Å². The number of rotatable bonds is 4. The number of para-hydroxylation sites is 3. The fraction of sp³-hybridized carbons (Fsp3) is 0.435. The molecule has 2 aliphatic rings. The van der Waals surface area contributed by atoms with Gasteiger partial charge in [-0.2, -0.15) is 0 Å². The molecular weight excluding hydrogens is 318 g/mol. The van der Waals surface area contributed by atoms with Crippen LogP contribution in [-0.4, -0.2) is 32.4 Å². The summed E-state index contributed by atoms with van der Waals surface area (Å²) >= 11 is 0. The molecule has 0 radical (unpaired) electrons. The van der Waals surface area contributed by atoms with Gasteiger partial charge in [-0.05, 0) is 56.7 Å². The van der Waals surface area contributed by atoms with Crippen LogP contribution in [0.5, 0.6) is 0 Å². The van der Waals surface area contributed by atoms with Crippen molar-refractivity contribution < 1.29 is 0 Å². The highest BCUT2D eigenvalue weighted by atomic mass is 15.1. The molecule has 0 aliphatic carbocycles. The Morgan fingerprint density at radius 2 is 1.15 bits per heavy atom. The van der Waals surface area contributed by atoms with E-state index in [1.807, 2.05) is 0 Å². The molecule has 2 heterocycles. The Kier molecular flexibility index (Phi) is 5.53. The second-order valence-corrected chi connectivity index (χ2v) is 7.40. The monoisotopic (exact) mass is 347 g/mol. The van der Waals surface area contributed by atoms with Crippen molar-refractivity contribution in [2.24, 2.45) is 4.99 Å². The number of hydrogen-bond donors (Lipinski definition) is 0. The molecule has 4 rings (SSSR count). The number of nitrogens with zero attached hydrogens (tertiary/aromatic N) is 3. The van der Waals surface area contributed by atoms with Gasteiger partial charge < -0.3 is 9.80 Å². The van der Waals surface area contributed by atoms with Crippen LogP contribution in [0.2, 0.25) is 0 Å². The van der Waals surface area contributed by atoms with Gasteiger partial charge in [0.1, 0.15) is 0 Å². The van der Waals surface area contributed by atoms with E-state index in [4.69, 9.17) is 4.99 Å². The normalized spacial score (nSPS) is 18.5. The van der Waals surface area contributed by atoms with Crippen molar-refractivity contribution in [2.45, 2.75) is 38.5 Å². The minimum Gasteiger partial charge on any atom is -0.371 e. The number of piperidine rings is 2. The van der Waals surface area contributed by atoms with Crippen LogP contribution in [0.15, 0.2) is 53.5 Å². The molecule has 2 aromatic rings. The van der Waals surface area contributed by atoms with Crippen LogP contribution in [0.3, 0.4) is 0 Å². The summed E-state index contributed by atoms with van der Waals surface area (Å²) in [5.41, 5.74) is 4.91. The molecule has 2 fully saturated rings. The molecule has 3 nitrogen and oxygen atoms in total. The average molecular weight is 348 g/mol. The summed E-state index contributed by atoms with van der Waals surface area (Å²) in [6.45, 7) is 4.62. The van der Waals surface area contributed by atoms with Crippen molar-refractivity contribution in [1.82, 2.24) is 0 Å². The maximum absolute atomic E-state index is 4.91. The third kappa shape index (κ3) is 3.92. The van der Waals surface area contributed by atoms with E-state index in [1.54, 1.807) is 0 Å². The second-order valence-electron chi connectivity index (χ2n) is 7.40. The molecule has 0 N–H and O–H groups in total. The predicted molar refractivity (Wildman–Crippen MR) is 112 cm³/mol. The van der Waals surface area contributed by atoms with Crippen LogP contribution < -0.4 is 9.80 Å². The highest BCUT2D eigenvalue weighted by molar-refractivity contribution is 5.90. The highest BCUT2D eigenvalue weighted by Crippen LogP contribution is 2.31. The summed E-state index contributed by atoms with van der Waals surface area (Å²) in [4.78, 5) is 9.92. The second kappa shape index (κ2) is 8.39. The molecule has 26 heavy (non-hydrogen) atoms. The summed E-state index contributed by atoms with van der Waals surface area (Å²) in [5.74, 6) is 0. The molecule has 0 atom stereocenters. The van der Waals surface area contributed by atoms with Gasteiger partial charge in [-0.25, -0.2) is 0 Å². The minimum absolute atomic E-state index is 1.09. The number of anilines is 2. The number of aliphatic imine (C=N–C) groups is 1. The number of benzene rings is 2. The fourth-order valence-electron chi connectivity index (χ4n) is 4.13. The fourth-order valence-corrected chi connectivity index (χ4v) is 4.13. The zero-order valence-electron chi connectivity index (χ0n) is 15.6. The van der Waals surface area contributed by atoms with E-state index in [-0.39, 0.29) is 0 Å². The van der Waals surface area contributed by atoms with Crippen LogP contribution >= 0.6 is 0 Å². The smallest absolute Gasteiger partial charge is 0.0863 e. The molecule has 0 saturated carbocycles. The average Bonchev–Trinajstić information content (AvgIpc) is 2.74. The molecule has 0 bridgehead atoms. The first-order chi connectivity index (χ1) is 12.9. The van der Waals surface area contributed by atoms with E-state index in [9.17, 15) is 0 Å². The lowest BCUT2D eigenvalue weighted by Gasteiger charge is -2.30. The van der Waals surface area contributed by atoms with E-state index in [0.717, 1.165) is 31.9 Å². The van der Waals surface area contributed by atoms with Gasteiger partial charge in [0.15, 0.2) is 0 Å². The molecule has 136 valence electrons. The van der Waals surface area contributed by atoms with Crippen molar-refractivity contribution >= 4 is 23.3 Å². The maximum Gasteiger partial charge on any atom is 0.0863 e. The summed E-state index contributed by atoms with van der Waals surface area (Å²) in [7, 11) is 0. The van der Waals surface area contributed by atoms with Gasteiger partial charge >= 0.3 is 0 Å². The van der Waals surface area contributed by atoms with Crippen molar-refractivity contribution in [2.75, 3.05) is 36.0 Å². The van der Waals surface area contributed by atoms with Gasteiger partial charge in [0, 0.05) is 43.6 Å². The third-order valence-corrected chi connectivity index (χ3v) is 5.55. The Morgan fingerprint density at radius 3 is 1.85 bits per heavy atom. The van der Waals surface area contributed by atoms with Crippen LogP contribution in [-0.2, 0) is 0 Å². The van der Waals surface area contributed by atoms with E-state index < -0.39 is 0 Å². The summed E-state index contributed by atoms with van der Waals surface area (Å²) < 4.78 is 0. The van der Waals surface area contributed by atoms with Crippen molar-refractivity contribution in [3.63, 3.8) is 0 Å². The van der Waals surface area contributed by atoms with Crippen LogP contribution in [0.25, 0.3) is 0 Å². The minimum atomic E-state index is 1.09. The molecule has 3 heteroatoms. The van der Waals surface area contributed by atoms with E-state index in [2.05, 4.69) is 64.5 Å². The lowest BCUT2D eigenvalue weighted by molar-refractivity contribution is 0.577. The first-order valence-corrected chi connectivity index (χ1v) is 10.1. The van der Waals surface area contributed by atoms with Gasteiger partial charge in [-0.1, -0.05) is 30.3 Å². The van der Waals surface area contributed by atoms with Gasteiger partial charge in [-0.3, -0.25) is 4.99 Å². The molecule has 2 saturated heterocycles. The lowest BCUT2D eigenvalue weighted by Crippen LogP contribution is -2.30. The molecular formula is C23H29N3. The summed E-state index contributed by atoms with van der Waals surface area (Å²) in [6.07, 6.45) is 9.94. The predicted octanol–water partition coefficient (Wildman–Crippen LogP) is 5.42. The van der Waals surface area contributed by atoms with E-state index in [1.165, 1.54) is 55.5 Å². The first-order valence-electron chi connectivity index (χ1n) is 10.1. The van der Waals surface area contributed by atoms with Gasteiger partial charge in [0.25, 0.3) is 0 Å². The Labute approximate surface area is 157 Å². The Morgan fingerprint density at radius 1 is 0.615 bits per heavy atom. The molecule has 0 aromatic heterocycles. The molecule has 0 spiro atoms. The Bertz CT molecular complexity index is 677. The first kappa shape index (κ1) is 17.1. The van der Waals surface area contributed by atoms with Crippen LogP contribution in [0.4, 0.5) is 17.1 Å². The van der Waals surface area contributed by atoms with E-state index >= 15 is 0 Å². The van der Waals surface area contributed by atoms with Gasteiger partial charge in [-0.15, -0.1) is 0 Å². The highest BCUT2D eigenvalue weighted by Gasteiger charge is 2.15. The SMILES string of the molecule is C(=Nc1ccccc1N1CCCCC1)c1ccccc1N1CCCCC1. The number of hydrogen-bond acceptors (Lipinski definition) is 3. The van der Waals surface area contributed by atoms with Crippen LogP contribution in [0, 0.1) is 0 Å². The maximum atomic E-state index is 4.91. The zero-order chi connectivity index (χ0) is 17.6. The van der Waals surface area contributed by atoms with E-state index in [0.29, 0.717) is 0 Å². The topological polar surface area (TPSA) is 18.8 Å². The Balaban J connectivity index is 1.59. The largest absolute Gasteiger partial charge is 0.371 e. The van der Waals surface area contributed by atoms with Crippen LogP contribution in [0.1, 0.15) is 44.1 Å². The molecule has 2 aromatic carbocycles. The zero-order valence-corrected chi connectivity index (χ0v) is 15.6. The summed E-state index contributed by atoms with van der Waals surface area (Å²) in [6, 6.07) is 17.3. The van der Waals surface area contributed by atoms with Gasteiger partial charge in [0.05, 0.1) is 11.4 Å². The lowest BCUT2D eigenvalue weighted by atomic mass is 10.1. The molecule has 0 unspecified atom stereocenters. The quantitative estimate of drug-likeness (QED) is 0.688. The summed E-state index contributed by atoms with van der Waals surface area (Å²) in [5, 5.41) is 0. The van der Waals surface area contributed by atoms with Crippen molar-refractivity contribution in [1.29, 1.82) is 0 Å². The Hall–Kier alpha value is -2.29. The molecule has 2 aliphatic heterocycles. The standard InChI is InChI=1S/C23H29N3/c1-7-15-25(16-8-1)22-13-5-3-11-20(22)19-24-21-12-4-6-14-23(21)26-17-9-2-10-18-26/h3-6,11-14,19H,1-2,7-10,15-18H2. The third-order valence-electron chi connectivity index (χ3n) is 5.55. The molecule has 0 amide bonds. The van der Waals surface area contributed by atoms with Crippen molar-refractivity contribution in [3.8, 4) is 0 Å². The van der Waals surface area contributed by atoms with Gasteiger partial charge in [0.2, 0.25) is 0 Å².